The van der Waals surface area contributed by atoms with Crippen molar-refractivity contribution in [2.75, 3.05) is 11.4 Å². The molecular weight excluding hydrogens is 336 g/mol. The molecule has 0 saturated carbocycles. The van der Waals surface area contributed by atoms with Gasteiger partial charge in [0, 0.05) is 17.3 Å². The van der Waals surface area contributed by atoms with Gasteiger partial charge in [0.05, 0.1) is 6.42 Å². The van der Waals surface area contributed by atoms with Crippen LogP contribution in [0.4, 0.5) is 5.69 Å². The van der Waals surface area contributed by atoms with E-state index in [1.807, 2.05) is 50.2 Å². The molecule has 1 fully saturated rings. The minimum atomic E-state index is -0.475. The van der Waals surface area contributed by atoms with Crippen LogP contribution in [-0.4, -0.2) is 24.4 Å². The molecule has 0 spiro atoms. The second-order valence-electron chi connectivity index (χ2n) is 6.44. The maximum atomic E-state index is 12.6. The predicted molar refractivity (Wildman–Crippen MR) is 100.0 cm³/mol. The largest absolute Gasteiger partial charge is 0.344 e. The number of aryl methyl sites for hydroxylation is 2. The van der Waals surface area contributed by atoms with Crippen molar-refractivity contribution in [1.29, 1.82) is 0 Å². The molecule has 0 radical (unpaired) electrons. The van der Waals surface area contributed by atoms with Gasteiger partial charge in [-0.05, 0) is 55.2 Å². The fourth-order valence-electron chi connectivity index (χ4n) is 3.02. The maximum absolute atomic E-state index is 12.6. The van der Waals surface area contributed by atoms with Crippen molar-refractivity contribution < 1.29 is 9.59 Å². The van der Waals surface area contributed by atoms with Gasteiger partial charge in [-0.2, -0.15) is 0 Å². The molecule has 1 aliphatic rings. The fourth-order valence-corrected chi connectivity index (χ4v) is 3.23. The van der Waals surface area contributed by atoms with E-state index in [4.69, 9.17) is 11.6 Å². The zero-order chi connectivity index (χ0) is 18.0. The molecule has 1 saturated heterocycles. The standard InChI is InChI=1S/C20H21ClN2O2/c1-13-7-8-16(11-14(13)2)23-10-9-18(20(23)25)22-19(24)12-15-5-3-4-6-17(15)21/h3-8,11,18H,9-10,12H2,1-2H3,(H,22,24)/t18-/m1/s1. The van der Waals surface area contributed by atoms with Crippen LogP contribution in [0.25, 0.3) is 0 Å². The average Bonchev–Trinajstić information content (AvgIpc) is 2.93. The number of hydrogen-bond acceptors (Lipinski definition) is 2. The molecule has 0 unspecified atom stereocenters. The van der Waals surface area contributed by atoms with Gasteiger partial charge < -0.3 is 10.2 Å². The smallest absolute Gasteiger partial charge is 0.249 e. The monoisotopic (exact) mass is 356 g/mol. The van der Waals surface area contributed by atoms with Crippen molar-refractivity contribution >= 4 is 29.1 Å². The summed E-state index contributed by atoms with van der Waals surface area (Å²) in [5, 5.41) is 3.40. The van der Waals surface area contributed by atoms with Gasteiger partial charge in [-0.15, -0.1) is 0 Å². The van der Waals surface area contributed by atoms with Crippen LogP contribution in [0, 0.1) is 13.8 Å². The van der Waals surface area contributed by atoms with Gasteiger partial charge in [-0.25, -0.2) is 0 Å². The van der Waals surface area contributed by atoms with E-state index in [0.717, 1.165) is 16.8 Å². The molecule has 0 bridgehead atoms. The van der Waals surface area contributed by atoms with Gasteiger partial charge in [0.25, 0.3) is 0 Å². The van der Waals surface area contributed by atoms with E-state index >= 15 is 0 Å². The lowest BCUT2D eigenvalue weighted by atomic mass is 10.1. The highest BCUT2D eigenvalue weighted by Gasteiger charge is 2.33. The lowest BCUT2D eigenvalue weighted by molar-refractivity contribution is -0.126. The van der Waals surface area contributed by atoms with E-state index in [-0.39, 0.29) is 18.2 Å². The molecule has 0 aliphatic carbocycles. The summed E-state index contributed by atoms with van der Waals surface area (Å²) in [6.07, 6.45) is 0.785. The van der Waals surface area contributed by atoms with Crippen LogP contribution < -0.4 is 10.2 Å². The van der Waals surface area contributed by atoms with Crippen molar-refractivity contribution in [3.8, 4) is 0 Å². The number of amides is 2. The first-order valence-electron chi connectivity index (χ1n) is 8.37. The number of rotatable bonds is 4. The molecule has 25 heavy (non-hydrogen) atoms. The van der Waals surface area contributed by atoms with Crippen molar-refractivity contribution in [3.63, 3.8) is 0 Å². The molecule has 3 rings (SSSR count). The third kappa shape index (κ3) is 3.85. The Bertz CT molecular complexity index is 819. The molecule has 5 heteroatoms. The van der Waals surface area contributed by atoms with Crippen molar-refractivity contribution in [2.24, 2.45) is 0 Å². The molecule has 1 aliphatic heterocycles. The number of nitrogens with one attached hydrogen (secondary N) is 1. The molecule has 1 N–H and O–H groups in total. The highest BCUT2D eigenvalue weighted by molar-refractivity contribution is 6.31. The Labute approximate surface area is 152 Å². The second-order valence-corrected chi connectivity index (χ2v) is 6.84. The first-order valence-corrected chi connectivity index (χ1v) is 8.75. The lowest BCUT2D eigenvalue weighted by Crippen LogP contribution is -2.42. The van der Waals surface area contributed by atoms with Crippen LogP contribution in [0.3, 0.4) is 0 Å². The third-order valence-corrected chi connectivity index (χ3v) is 5.02. The van der Waals surface area contributed by atoms with Crippen LogP contribution in [0.2, 0.25) is 5.02 Å². The van der Waals surface area contributed by atoms with Gasteiger partial charge in [-0.1, -0.05) is 35.9 Å². The lowest BCUT2D eigenvalue weighted by Gasteiger charge is -2.18. The number of carbonyl (C=O) groups is 2. The summed E-state index contributed by atoms with van der Waals surface area (Å²) in [6.45, 7) is 4.68. The molecule has 2 aromatic carbocycles. The Morgan fingerprint density at radius 3 is 2.68 bits per heavy atom. The van der Waals surface area contributed by atoms with Crippen LogP contribution in [0.15, 0.2) is 42.5 Å². The summed E-state index contributed by atoms with van der Waals surface area (Å²) in [5.41, 5.74) is 3.99. The summed E-state index contributed by atoms with van der Waals surface area (Å²) in [4.78, 5) is 26.7. The summed E-state index contributed by atoms with van der Waals surface area (Å²) < 4.78 is 0. The topological polar surface area (TPSA) is 49.4 Å². The summed E-state index contributed by atoms with van der Waals surface area (Å²) in [6, 6.07) is 12.8. The van der Waals surface area contributed by atoms with Gasteiger partial charge in [0.2, 0.25) is 11.8 Å². The van der Waals surface area contributed by atoms with Crippen molar-refractivity contribution in [3.05, 3.63) is 64.2 Å². The Balaban J connectivity index is 1.65. The van der Waals surface area contributed by atoms with E-state index in [0.29, 0.717) is 18.0 Å². The second kappa shape index (κ2) is 7.28. The minimum absolute atomic E-state index is 0.0595. The molecule has 1 atom stereocenters. The molecule has 2 amide bonds. The van der Waals surface area contributed by atoms with Crippen LogP contribution >= 0.6 is 11.6 Å². The minimum Gasteiger partial charge on any atom is -0.344 e. The van der Waals surface area contributed by atoms with E-state index in [9.17, 15) is 9.59 Å². The van der Waals surface area contributed by atoms with Gasteiger partial charge in [0.1, 0.15) is 6.04 Å². The maximum Gasteiger partial charge on any atom is 0.249 e. The van der Waals surface area contributed by atoms with Crippen molar-refractivity contribution in [2.45, 2.75) is 32.7 Å². The highest BCUT2D eigenvalue weighted by atomic mass is 35.5. The van der Waals surface area contributed by atoms with E-state index in [2.05, 4.69) is 5.32 Å². The molecular formula is C20H21ClN2O2. The summed E-state index contributed by atoms with van der Waals surface area (Å²) in [5.74, 6) is -0.246. The van der Waals surface area contributed by atoms with Crippen LogP contribution in [0.5, 0.6) is 0 Å². The Hall–Kier alpha value is -2.33. The van der Waals surface area contributed by atoms with E-state index in [1.54, 1.807) is 11.0 Å². The Kier molecular flexibility index (Phi) is 5.09. The Morgan fingerprint density at radius 2 is 1.96 bits per heavy atom. The van der Waals surface area contributed by atoms with Crippen LogP contribution in [0.1, 0.15) is 23.1 Å². The quantitative estimate of drug-likeness (QED) is 0.912. The normalized spacial score (nSPS) is 17.0. The fraction of sp³-hybridized carbons (Fsp3) is 0.300. The molecule has 2 aromatic rings. The van der Waals surface area contributed by atoms with Crippen LogP contribution in [-0.2, 0) is 16.0 Å². The first-order chi connectivity index (χ1) is 12.0. The number of benzene rings is 2. The zero-order valence-electron chi connectivity index (χ0n) is 14.4. The number of halogens is 1. The first kappa shape index (κ1) is 17.5. The number of carbonyl (C=O) groups excluding carboxylic acids is 2. The Morgan fingerprint density at radius 1 is 1.20 bits per heavy atom. The highest BCUT2D eigenvalue weighted by Crippen LogP contribution is 2.24. The average molecular weight is 357 g/mol. The molecule has 130 valence electrons. The van der Waals surface area contributed by atoms with Gasteiger partial charge in [-0.3, -0.25) is 9.59 Å². The summed E-state index contributed by atoms with van der Waals surface area (Å²) >= 11 is 6.09. The molecule has 1 heterocycles. The SMILES string of the molecule is Cc1ccc(N2CC[C@@H](NC(=O)Cc3ccccc3Cl)C2=O)cc1C. The van der Waals surface area contributed by atoms with Crippen molar-refractivity contribution in [1.82, 2.24) is 5.32 Å². The van der Waals surface area contributed by atoms with E-state index < -0.39 is 6.04 Å². The molecule has 0 aromatic heterocycles. The van der Waals surface area contributed by atoms with Gasteiger partial charge >= 0.3 is 0 Å². The molecule has 4 nitrogen and oxygen atoms in total. The predicted octanol–water partition coefficient (Wildman–Crippen LogP) is 3.42. The number of hydrogen-bond donors (Lipinski definition) is 1. The van der Waals surface area contributed by atoms with E-state index in [1.165, 1.54) is 5.56 Å². The number of anilines is 1. The van der Waals surface area contributed by atoms with Gasteiger partial charge in [0.15, 0.2) is 0 Å². The third-order valence-electron chi connectivity index (χ3n) is 4.65. The number of nitrogens with zero attached hydrogens (tertiary/aromatic N) is 1. The zero-order valence-corrected chi connectivity index (χ0v) is 15.1. The summed E-state index contributed by atoms with van der Waals surface area (Å²) in [7, 11) is 0.